The summed E-state index contributed by atoms with van der Waals surface area (Å²) in [6.07, 6.45) is 2.08. The largest absolute Gasteiger partial charge is 0.385 e. The van der Waals surface area contributed by atoms with E-state index in [1.807, 2.05) is 31.2 Å². The Bertz CT molecular complexity index is 417. The average Bonchev–Trinajstić information content (AvgIpc) is 2.82. The predicted molar refractivity (Wildman–Crippen MR) is 76.5 cm³/mol. The molecule has 0 saturated carbocycles. The molecule has 19 heavy (non-hydrogen) atoms. The molecular weight excluding hydrogens is 240 g/mol. The predicted octanol–water partition coefficient (Wildman–Crippen LogP) is 2.42. The fourth-order valence-corrected chi connectivity index (χ4v) is 2.18. The second kappa shape index (κ2) is 6.57. The number of amides is 1. The Kier molecular flexibility index (Phi) is 4.80. The SMILES string of the molecule is CCCNc1ccc(C(=O)NC2CCOC2C)cc1. The standard InChI is InChI=1S/C15H22N2O2/c1-3-9-16-13-6-4-12(5-7-13)15(18)17-14-8-10-19-11(14)2/h4-7,11,14,16H,3,8-10H2,1-2H3,(H,17,18). The Morgan fingerprint density at radius 1 is 1.37 bits per heavy atom. The lowest BCUT2D eigenvalue weighted by molar-refractivity contribution is 0.0866. The minimum Gasteiger partial charge on any atom is -0.385 e. The van der Waals surface area contributed by atoms with E-state index in [4.69, 9.17) is 4.74 Å². The van der Waals surface area contributed by atoms with Gasteiger partial charge in [-0.3, -0.25) is 4.79 Å². The number of carbonyl (C=O) groups excluding carboxylic acids is 1. The van der Waals surface area contributed by atoms with Gasteiger partial charge in [0.05, 0.1) is 12.1 Å². The van der Waals surface area contributed by atoms with Gasteiger partial charge in [0.1, 0.15) is 0 Å². The van der Waals surface area contributed by atoms with Crippen molar-refractivity contribution in [3.05, 3.63) is 29.8 Å². The number of carbonyl (C=O) groups is 1. The maximum atomic E-state index is 12.1. The van der Waals surface area contributed by atoms with Gasteiger partial charge in [0, 0.05) is 24.4 Å². The van der Waals surface area contributed by atoms with Crippen LogP contribution in [0.1, 0.15) is 37.0 Å². The molecule has 1 saturated heterocycles. The highest BCUT2D eigenvalue weighted by Crippen LogP contribution is 2.14. The molecule has 1 amide bonds. The fraction of sp³-hybridized carbons (Fsp3) is 0.533. The van der Waals surface area contributed by atoms with Crippen LogP contribution in [0.15, 0.2) is 24.3 Å². The average molecular weight is 262 g/mol. The molecule has 0 spiro atoms. The third kappa shape index (κ3) is 3.70. The van der Waals surface area contributed by atoms with Gasteiger partial charge >= 0.3 is 0 Å². The lowest BCUT2D eigenvalue weighted by atomic mass is 10.1. The van der Waals surface area contributed by atoms with Crippen LogP contribution in [0.4, 0.5) is 5.69 Å². The highest BCUT2D eigenvalue weighted by Gasteiger charge is 2.25. The molecule has 0 aliphatic carbocycles. The Morgan fingerprint density at radius 2 is 2.11 bits per heavy atom. The van der Waals surface area contributed by atoms with E-state index in [-0.39, 0.29) is 18.1 Å². The molecule has 1 fully saturated rings. The van der Waals surface area contributed by atoms with Crippen molar-refractivity contribution in [2.45, 2.75) is 38.8 Å². The Morgan fingerprint density at radius 3 is 2.68 bits per heavy atom. The lowest BCUT2D eigenvalue weighted by Gasteiger charge is -2.16. The van der Waals surface area contributed by atoms with Crippen LogP contribution in [0.25, 0.3) is 0 Å². The van der Waals surface area contributed by atoms with E-state index in [0.717, 1.165) is 31.7 Å². The Hall–Kier alpha value is -1.55. The van der Waals surface area contributed by atoms with Crippen molar-refractivity contribution in [1.82, 2.24) is 5.32 Å². The van der Waals surface area contributed by atoms with Gasteiger partial charge in [0.25, 0.3) is 5.91 Å². The minimum atomic E-state index is -0.0237. The van der Waals surface area contributed by atoms with Crippen molar-refractivity contribution >= 4 is 11.6 Å². The first-order valence-corrected chi connectivity index (χ1v) is 6.97. The molecule has 2 unspecified atom stereocenters. The van der Waals surface area contributed by atoms with Crippen LogP contribution in [0.2, 0.25) is 0 Å². The van der Waals surface area contributed by atoms with Gasteiger partial charge in [-0.1, -0.05) is 6.92 Å². The van der Waals surface area contributed by atoms with Crippen molar-refractivity contribution in [1.29, 1.82) is 0 Å². The van der Waals surface area contributed by atoms with E-state index >= 15 is 0 Å². The molecule has 1 aromatic rings. The number of ether oxygens (including phenoxy) is 1. The van der Waals surface area contributed by atoms with Crippen molar-refractivity contribution < 1.29 is 9.53 Å². The third-order valence-electron chi connectivity index (χ3n) is 3.42. The van der Waals surface area contributed by atoms with Gasteiger partial charge in [-0.15, -0.1) is 0 Å². The Balaban J connectivity index is 1.91. The molecule has 1 aliphatic rings. The maximum absolute atomic E-state index is 12.1. The maximum Gasteiger partial charge on any atom is 0.251 e. The third-order valence-corrected chi connectivity index (χ3v) is 3.42. The molecule has 0 aromatic heterocycles. The quantitative estimate of drug-likeness (QED) is 0.856. The molecule has 1 aromatic carbocycles. The number of nitrogens with one attached hydrogen (secondary N) is 2. The van der Waals surface area contributed by atoms with E-state index in [2.05, 4.69) is 17.6 Å². The van der Waals surface area contributed by atoms with E-state index in [1.54, 1.807) is 0 Å². The van der Waals surface area contributed by atoms with Crippen molar-refractivity contribution in [3.63, 3.8) is 0 Å². The minimum absolute atomic E-state index is 0.0237. The van der Waals surface area contributed by atoms with Gasteiger partial charge in [0.15, 0.2) is 0 Å². The summed E-state index contributed by atoms with van der Waals surface area (Å²) in [5.74, 6) is -0.0237. The topological polar surface area (TPSA) is 50.4 Å². The second-order valence-corrected chi connectivity index (χ2v) is 4.95. The molecule has 2 atom stereocenters. The molecule has 0 bridgehead atoms. The number of hydrogen-bond acceptors (Lipinski definition) is 3. The molecular formula is C15H22N2O2. The van der Waals surface area contributed by atoms with Crippen molar-refractivity contribution in [3.8, 4) is 0 Å². The van der Waals surface area contributed by atoms with E-state index < -0.39 is 0 Å². The molecule has 0 radical (unpaired) electrons. The second-order valence-electron chi connectivity index (χ2n) is 4.95. The number of benzene rings is 1. The van der Waals surface area contributed by atoms with Crippen LogP contribution < -0.4 is 10.6 Å². The van der Waals surface area contributed by atoms with Crippen molar-refractivity contribution in [2.24, 2.45) is 0 Å². The first-order valence-electron chi connectivity index (χ1n) is 6.97. The van der Waals surface area contributed by atoms with E-state index in [0.29, 0.717) is 5.56 Å². The molecule has 2 rings (SSSR count). The van der Waals surface area contributed by atoms with Crippen LogP contribution in [0, 0.1) is 0 Å². The summed E-state index contributed by atoms with van der Waals surface area (Å²) < 4.78 is 5.44. The normalized spacial score (nSPS) is 22.2. The highest BCUT2D eigenvalue weighted by atomic mass is 16.5. The van der Waals surface area contributed by atoms with Gasteiger partial charge in [-0.2, -0.15) is 0 Å². The van der Waals surface area contributed by atoms with Gasteiger partial charge in [0.2, 0.25) is 0 Å². The fourth-order valence-electron chi connectivity index (χ4n) is 2.18. The molecule has 104 valence electrons. The summed E-state index contributed by atoms with van der Waals surface area (Å²) in [6, 6.07) is 7.73. The van der Waals surface area contributed by atoms with Crippen LogP contribution in [0.3, 0.4) is 0 Å². The van der Waals surface area contributed by atoms with Crippen LogP contribution in [0.5, 0.6) is 0 Å². The zero-order valence-corrected chi connectivity index (χ0v) is 11.6. The molecule has 4 heteroatoms. The van der Waals surface area contributed by atoms with Crippen LogP contribution in [-0.2, 0) is 4.74 Å². The summed E-state index contributed by atoms with van der Waals surface area (Å²) in [7, 11) is 0. The molecule has 1 aliphatic heterocycles. The number of anilines is 1. The smallest absolute Gasteiger partial charge is 0.251 e. The summed E-state index contributed by atoms with van der Waals surface area (Å²) >= 11 is 0. The zero-order chi connectivity index (χ0) is 13.7. The summed E-state index contributed by atoms with van der Waals surface area (Å²) in [5, 5.41) is 6.31. The monoisotopic (exact) mass is 262 g/mol. The summed E-state index contributed by atoms with van der Waals surface area (Å²) in [6.45, 7) is 5.80. The van der Waals surface area contributed by atoms with Gasteiger partial charge in [-0.25, -0.2) is 0 Å². The van der Waals surface area contributed by atoms with E-state index in [9.17, 15) is 4.79 Å². The van der Waals surface area contributed by atoms with E-state index in [1.165, 1.54) is 0 Å². The molecule has 1 heterocycles. The first-order chi connectivity index (χ1) is 9.20. The van der Waals surface area contributed by atoms with Gasteiger partial charge < -0.3 is 15.4 Å². The number of hydrogen-bond donors (Lipinski definition) is 2. The molecule has 2 N–H and O–H groups in total. The Labute approximate surface area is 114 Å². The molecule has 4 nitrogen and oxygen atoms in total. The summed E-state index contributed by atoms with van der Waals surface area (Å²) in [5.41, 5.74) is 1.75. The summed E-state index contributed by atoms with van der Waals surface area (Å²) in [4.78, 5) is 12.1. The number of rotatable bonds is 5. The van der Waals surface area contributed by atoms with Crippen LogP contribution >= 0.6 is 0 Å². The van der Waals surface area contributed by atoms with Gasteiger partial charge in [-0.05, 0) is 44.0 Å². The zero-order valence-electron chi connectivity index (χ0n) is 11.6. The van der Waals surface area contributed by atoms with Crippen molar-refractivity contribution in [2.75, 3.05) is 18.5 Å². The van der Waals surface area contributed by atoms with Crippen LogP contribution in [-0.4, -0.2) is 31.2 Å². The first kappa shape index (κ1) is 13.9. The highest BCUT2D eigenvalue weighted by molar-refractivity contribution is 5.94. The lowest BCUT2D eigenvalue weighted by Crippen LogP contribution is -2.39.